The first kappa shape index (κ1) is 17.1. The smallest absolute Gasteiger partial charge is 0.151 e. The molecule has 1 saturated heterocycles. The van der Waals surface area contributed by atoms with Crippen molar-refractivity contribution in [2.75, 3.05) is 63.2 Å². The van der Waals surface area contributed by atoms with Gasteiger partial charge >= 0.3 is 0 Å². The molecule has 26 heavy (non-hydrogen) atoms. The predicted molar refractivity (Wildman–Crippen MR) is 104 cm³/mol. The van der Waals surface area contributed by atoms with Crippen LogP contribution in [0, 0.1) is 0 Å². The van der Waals surface area contributed by atoms with Gasteiger partial charge in [-0.3, -0.25) is 4.90 Å². The maximum Gasteiger partial charge on any atom is 0.151 e. The van der Waals surface area contributed by atoms with Crippen molar-refractivity contribution in [2.24, 2.45) is 0 Å². The molecular formula is C20H27N5O. The highest BCUT2D eigenvalue weighted by molar-refractivity contribution is 5.44. The second-order valence-electron chi connectivity index (χ2n) is 7.26. The Hall–Kier alpha value is -2.34. The summed E-state index contributed by atoms with van der Waals surface area (Å²) in [6.45, 7) is 6.11. The Kier molecular flexibility index (Phi) is 4.93. The van der Waals surface area contributed by atoms with Gasteiger partial charge in [-0.1, -0.05) is 12.1 Å². The Balaban J connectivity index is 1.27. The molecule has 0 spiro atoms. The Labute approximate surface area is 155 Å². The quantitative estimate of drug-likeness (QED) is 0.817. The lowest BCUT2D eigenvalue weighted by Gasteiger charge is -2.35. The number of fused-ring (bicyclic) bond motifs is 1. The molecule has 0 aliphatic carbocycles. The largest absolute Gasteiger partial charge is 0.493 e. The minimum atomic E-state index is 0.833. The molecule has 1 aromatic heterocycles. The zero-order chi connectivity index (χ0) is 17.9. The molecule has 1 fully saturated rings. The van der Waals surface area contributed by atoms with E-state index in [0.29, 0.717) is 0 Å². The van der Waals surface area contributed by atoms with Crippen LogP contribution in [-0.2, 0) is 12.8 Å². The Morgan fingerprint density at radius 2 is 1.88 bits per heavy atom. The van der Waals surface area contributed by atoms with Crippen molar-refractivity contribution < 1.29 is 4.74 Å². The van der Waals surface area contributed by atoms with Gasteiger partial charge in [-0.05, 0) is 35.7 Å². The third kappa shape index (κ3) is 3.75. The molecular weight excluding hydrogens is 326 g/mol. The molecule has 6 nitrogen and oxygen atoms in total. The lowest BCUT2D eigenvalue weighted by molar-refractivity contribution is 0.260. The normalized spacial score (nSPS) is 17.1. The summed E-state index contributed by atoms with van der Waals surface area (Å²) in [6, 6.07) is 10.8. The number of aromatic nitrogens is 2. The van der Waals surface area contributed by atoms with Crippen LogP contribution < -0.4 is 14.5 Å². The minimum absolute atomic E-state index is 0.833. The summed E-state index contributed by atoms with van der Waals surface area (Å²) in [5, 5.41) is 8.67. The zero-order valence-corrected chi connectivity index (χ0v) is 15.7. The van der Waals surface area contributed by atoms with Crippen LogP contribution in [0.2, 0.25) is 0 Å². The molecule has 0 saturated carbocycles. The van der Waals surface area contributed by atoms with Gasteiger partial charge in [-0.2, -0.15) is 0 Å². The van der Waals surface area contributed by atoms with E-state index in [-0.39, 0.29) is 0 Å². The molecule has 0 amide bonds. The van der Waals surface area contributed by atoms with Crippen molar-refractivity contribution in [3.8, 4) is 5.75 Å². The molecule has 0 bridgehead atoms. The molecule has 4 rings (SSSR count). The second-order valence-corrected chi connectivity index (χ2v) is 7.26. The summed E-state index contributed by atoms with van der Waals surface area (Å²) < 4.78 is 5.59. The van der Waals surface area contributed by atoms with Crippen LogP contribution in [0.15, 0.2) is 30.3 Å². The topological polar surface area (TPSA) is 44.7 Å². The van der Waals surface area contributed by atoms with E-state index in [2.05, 4.69) is 44.3 Å². The first-order valence-corrected chi connectivity index (χ1v) is 9.42. The molecule has 138 valence electrons. The van der Waals surface area contributed by atoms with E-state index in [0.717, 1.165) is 69.6 Å². The number of rotatable bonds is 5. The third-order valence-corrected chi connectivity index (χ3v) is 5.26. The Bertz CT molecular complexity index is 738. The van der Waals surface area contributed by atoms with Crippen LogP contribution >= 0.6 is 0 Å². The van der Waals surface area contributed by atoms with Crippen molar-refractivity contribution in [3.63, 3.8) is 0 Å². The number of ether oxygens (including phenoxy) is 1. The number of nitrogens with zero attached hydrogens (tertiary/aromatic N) is 5. The number of benzene rings is 1. The molecule has 0 N–H and O–H groups in total. The van der Waals surface area contributed by atoms with Crippen LogP contribution in [0.25, 0.3) is 0 Å². The van der Waals surface area contributed by atoms with Crippen molar-refractivity contribution in [1.82, 2.24) is 15.1 Å². The molecule has 6 heteroatoms. The fourth-order valence-electron chi connectivity index (χ4n) is 3.61. The number of hydrogen-bond acceptors (Lipinski definition) is 6. The van der Waals surface area contributed by atoms with E-state index in [1.54, 1.807) is 0 Å². The minimum Gasteiger partial charge on any atom is -0.493 e. The fourth-order valence-corrected chi connectivity index (χ4v) is 3.61. The zero-order valence-electron chi connectivity index (χ0n) is 15.7. The lowest BCUT2D eigenvalue weighted by atomic mass is 10.1. The van der Waals surface area contributed by atoms with Crippen molar-refractivity contribution in [2.45, 2.75) is 12.8 Å². The number of piperazine rings is 1. The van der Waals surface area contributed by atoms with Crippen LogP contribution in [0.4, 0.5) is 11.6 Å². The van der Waals surface area contributed by atoms with Gasteiger partial charge in [0.25, 0.3) is 0 Å². The highest BCUT2D eigenvalue weighted by atomic mass is 16.5. The maximum atomic E-state index is 5.59. The molecule has 0 atom stereocenters. The Morgan fingerprint density at radius 3 is 2.62 bits per heavy atom. The first-order chi connectivity index (χ1) is 12.7. The van der Waals surface area contributed by atoms with Gasteiger partial charge in [0.15, 0.2) is 11.6 Å². The van der Waals surface area contributed by atoms with Gasteiger partial charge in [-0.15, -0.1) is 10.2 Å². The predicted octanol–water partition coefficient (Wildman–Crippen LogP) is 1.84. The van der Waals surface area contributed by atoms with Gasteiger partial charge in [0, 0.05) is 53.2 Å². The average molecular weight is 353 g/mol. The molecule has 0 unspecified atom stereocenters. The molecule has 1 aromatic carbocycles. The van der Waals surface area contributed by atoms with E-state index in [4.69, 9.17) is 4.74 Å². The second kappa shape index (κ2) is 7.50. The van der Waals surface area contributed by atoms with Gasteiger partial charge in [0.2, 0.25) is 0 Å². The number of hydrogen-bond donors (Lipinski definition) is 0. The van der Waals surface area contributed by atoms with Gasteiger partial charge in [0.1, 0.15) is 5.75 Å². The van der Waals surface area contributed by atoms with Gasteiger partial charge < -0.3 is 14.5 Å². The van der Waals surface area contributed by atoms with Crippen LogP contribution in [0.1, 0.15) is 11.1 Å². The van der Waals surface area contributed by atoms with Crippen LogP contribution in [0.3, 0.4) is 0 Å². The Morgan fingerprint density at radius 1 is 1.04 bits per heavy atom. The van der Waals surface area contributed by atoms with Crippen molar-refractivity contribution in [3.05, 3.63) is 41.5 Å². The summed E-state index contributed by atoms with van der Waals surface area (Å²) in [5.41, 5.74) is 2.79. The maximum absolute atomic E-state index is 5.59. The lowest BCUT2D eigenvalue weighted by Crippen LogP contribution is -2.47. The highest BCUT2D eigenvalue weighted by Crippen LogP contribution is 2.26. The summed E-state index contributed by atoms with van der Waals surface area (Å²) >= 11 is 0. The molecule has 0 radical (unpaired) electrons. The van der Waals surface area contributed by atoms with Gasteiger partial charge in [0.05, 0.1) is 6.61 Å². The monoisotopic (exact) mass is 353 g/mol. The average Bonchev–Trinajstić information content (AvgIpc) is 3.15. The SMILES string of the molecule is CN(C)c1ccc(N2CCN(CCc3ccc4c(c3)CCO4)CC2)nn1. The van der Waals surface area contributed by atoms with Gasteiger partial charge in [-0.25, -0.2) is 0 Å². The van der Waals surface area contributed by atoms with E-state index in [9.17, 15) is 0 Å². The molecule has 3 heterocycles. The van der Waals surface area contributed by atoms with Crippen molar-refractivity contribution >= 4 is 11.6 Å². The molecule has 2 aliphatic rings. The fraction of sp³-hybridized carbons (Fsp3) is 0.500. The van der Waals surface area contributed by atoms with Crippen molar-refractivity contribution in [1.29, 1.82) is 0 Å². The summed E-state index contributed by atoms with van der Waals surface area (Å²) in [5.74, 6) is 2.95. The van der Waals surface area contributed by atoms with Crippen LogP contribution in [0.5, 0.6) is 5.75 Å². The highest BCUT2D eigenvalue weighted by Gasteiger charge is 2.19. The number of anilines is 2. The standard InChI is InChI=1S/C20H27N5O/c1-23(2)19-5-6-20(22-21-19)25-12-10-24(11-13-25)9-7-16-3-4-18-17(15-16)8-14-26-18/h3-6,15H,7-14H2,1-2H3. The van der Waals surface area contributed by atoms with E-state index < -0.39 is 0 Å². The van der Waals surface area contributed by atoms with E-state index in [1.807, 2.05) is 25.1 Å². The third-order valence-electron chi connectivity index (χ3n) is 5.26. The summed E-state index contributed by atoms with van der Waals surface area (Å²) in [7, 11) is 3.97. The van der Waals surface area contributed by atoms with Crippen LogP contribution in [-0.4, -0.2) is 68.5 Å². The van der Waals surface area contributed by atoms with E-state index >= 15 is 0 Å². The summed E-state index contributed by atoms with van der Waals surface area (Å²) in [4.78, 5) is 6.84. The molecule has 2 aromatic rings. The molecule has 2 aliphatic heterocycles. The summed E-state index contributed by atoms with van der Waals surface area (Å²) in [6.07, 6.45) is 2.15. The van der Waals surface area contributed by atoms with E-state index in [1.165, 1.54) is 11.1 Å². The first-order valence-electron chi connectivity index (χ1n) is 9.42.